The Bertz CT molecular complexity index is 485. The highest BCUT2D eigenvalue weighted by Crippen LogP contribution is 2.39. The number of hydrogen-bond donors (Lipinski definition) is 0. The monoisotopic (exact) mass is 287 g/mol. The summed E-state index contributed by atoms with van der Waals surface area (Å²) in [5, 5.41) is 0.745. The molecule has 2 atom stereocenters. The molecule has 2 fully saturated rings. The number of rotatable bonds is 3. The van der Waals surface area contributed by atoms with E-state index in [0.717, 1.165) is 10.8 Å². The molecule has 106 valence electrons. The van der Waals surface area contributed by atoms with Crippen LogP contribution in [-0.4, -0.2) is 34.4 Å². The third-order valence-electron chi connectivity index (χ3n) is 4.50. The molecule has 3 heteroatoms. The van der Waals surface area contributed by atoms with E-state index in [-0.39, 0.29) is 5.91 Å². The molecule has 1 amide bonds. The lowest BCUT2D eigenvalue weighted by Crippen LogP contribution is -2.46. The van der Waals surface area contributed by atoms with Crippen LogP contribution in [0.15, 0.2) is 36.4 Å². The summed E-state index contributed by atoms with van der Waals surface area (Å²) >= 11 is 1.96. The molecule has 2 nitrogen and oxygen atoms in total. The Morgan fingerprint density at radius 2 is 1.85 bits per heavy atom. The topological polar surface area (TPSA) is 20.3 Å². The van der Waals surface area contributed by atoms with Crippen molar-refractivity contribution in [3.8, 4) is 0 Å². The number of thioether (sulfide) groups is 1. The van der Waals surface area contributed by atoms with Crippen molar-refractivity contribution in [2.75, 3.05) is 6.26 Å². The lowest BCUT2D eigenvalue weighted by atomic mass is 10.0. The molecule has 0 saturated carbocycles. The Kier molecular flexibility index (Phi) is 4.16. The maximum Gasteiger partial charge on any atom is 0.247 e. The molecule has 2 aliphatic rings. The Morgan fingerprint density at radius 3 is 2.45 bits per heavy atom. The molecule has 0 N–H and O–H groups in total. The SMILES string of the molecule is CSC1CC2CCC(C1)N2C(=O)/C=C/c1ccccc1. The van der Waals surface area contributed by atoms with Crippen LogP contribution in [0.5, 0.6) is 0 Å². The Balaban J connectivity index is 1.68. The van der Waals surface area contributed by atoms with Gasteiger partial charge in [0.25, 0.3) is 0 Å². The smallest absolute Gasteiger partial charge is 0.247 e. The van der Waals surface area contributed by atoms with E-state index in [1.54, 1.807) is 6.08 Å². The van der Waals surface area contributed by atoms with Crippen LogP contribution in [-0.2, 0) is 4.79 Å². The molecule has 2 heterocycles. The molecular weight excluding hydrogens is 266 g/mol. The van der Waals surface area contributed by atoms with Gasteiger partial charge in [0, 0.05) is 23.4 Å². The Labute approximate surface area is 125 Å². The summed E-state index contributed by atoms with van der Waals surface area (Å²) in [4.78, 5) is 14.6. The minimum absolute atomic E-state index is 0.195. The summed E-state index contributed by atoms with van der Waals surface area (Å²) in [6.45, 7) is 0. The average Bonchev–Trinajstić information content (AvgIpc) is 2.76. The van der Waals surface area contributed by atoms with Crippen LogP contribution >= 0.6 is 11.8 Å². The first-order valence-electron chi connectivity index (χ1n) is 7.36. The van der Waals surface area contributed by atoms with Gasteiger partial charge in [-0.3, -0.25) is 4.79 Å². The molecule has 1 aromatic carbocycles. The van der Waals surface area contributed by atoms with Gasteiger partial charge in [0.15, 0.2) is 0 Å². The van der Waals surface area contributed by atoms with Crippen LogP contribution in [0.4, 0.5) is 0 Å². The Morgan fingerprint density at radius 1 is 1.20 bits per heavy atom. The third-order valence-corrected chi connectivity index (χ3v) is 5.55. The van der Waals surface area contributed by atoms with Crippen LogP contribution in [0.1, 0.15) is 31.2 Å². The lowest BCUT2D eigenvalue weighted by Gasteiger charge is -2.37. The van der Waals surface area contributed by atoms with E-state index >= 15 is 0 Å². The molecule has 2 aliphatic heterocycles. The number of amides is 1. The van der Waals surface area contributed by atoms with Gasteiger partial charge < -0.3 is 4.90 Å². The highest BCUT2D eigenvalue weighted by atomic mass is 32.2. The molecule has 0 spiro atoms. The minimum Gasteiger partial charge on any atom is -0.333 e. The lowest BCUT2D eigenvalue weighted by molar-refractivity contribution is -0.129. The van der Waals surface area contributed by atoms with Gasteiger partial charge in [-0.1, -0.05) is 30.3 Å². The molecule has 20 heavy (non-hydrogen) atoms. The summed E-state index contributed by atoms with van der Waals surface area (Å²) < 4.78 is 0. The highest BCUT2D eigenvalue weighted by molar-refractivity contribution is 7.99. The van der Waals surface area contributed by atoms with Crippen molar-refractivity contribution in [1.29, 1.82) is 0 Å². The second-order valence-electron chi connectivity index (χ2n) is 5.70. The van der Waals surface area contributed by atoms with E-state index in [1.807, 2.05) is 48.2 Å². The number of piperidine rings is 1. The first kappa shape index (κ1) is 13.7. The van der Waals surface area contributed by atoms with Gasteiger partial charge in [-0.2, -0.15) is 11.8 Å². The first-order chi connectivity index (χ1) is 9.78. The number of hydrogen-bond acceptors (Lipinski definition) is 2. The molecule has 0 radical (unpaired) electrons. The third kappa shape index (κ3) is 2.78. The minimum atomic E-state index is 0.195. The fourth-order valence-corrected chi connectivity index (χ4v) is 4.33. The van der Waals surface area contributed by atoms with E-state index in [4.69, 9.17) is 0 Å². The van der Waals surface area contributed by atoms with Crippen LogP contribution in [0.25, 0.3) is 6.08 Å². The van der Waals surface area contributed by atoms with E-state index in [1.165, 1.54) is 25.7 Å². The van der Waals surface area contributed by atoms with Crippen LogP contribution in [0.2, 0.25) is 0 Å². The number of nitrogens with zero attached hydrogens (tertiary/aromatic N) is 1. The van der Waals surface area contributed by atoms with E-state index in [0.29, 0.717) is 12.1 Å². The zero-order valence-corrected chi connectivity index (χ0v) is 12.7. The van der Waals surface area contributed by atoms with Gasteiger partial charge in [0.2, 0.25) is 5.91 Å². The fourth-order valence-electron chi connectivity index (χ4n) is 3.50. The number of carbonyl (C=O) groups excluding carboxylic acids is 1. The van der Waals surface area contributed by atoms with Gasteiger partial charge in [0.05, 0.1) is 0 Å². The van der Waals surface area contributed by atoms with Gasteiger partial charge >= 0.3 is 0 Å². The highest BCUT2D eigenvalue weighted by Gasteiger charge is 2.42. The molecule has 0 aromatic heterocycles. The molecule has 2 saturated heterocycles. The van der Waals surface area contributed by atoms with Gasteiger partial charge in [-0.15, -0.1) is 0 Å². The molecule has 2 bridgehead atoms. The van der Waals surface area contributed by atoms with Crippen LogP contribution in [0.3, 0.4) is 0 Å². The number of fused-ring (bicyclic) bond motifs is 2. The van der Waals surface area contributed by atoms with Crippen molar-refractivity contribution in [2.45, 2.75) is 43.0 Å². The summed E-state index contributed by atoms with van der Waals surface area (Å²) in [7, 11) is 0. The molecule has 1 aromatic rings. The van der Waals surface area contributed by atoms with Crippen molar-refractivity contribution in [2.24, 2.45) is 0 Å². The number of carbonyl (C=O) groups is 1. The standard InChI is InChI=1S/C17H21NOS/c1-20-16-11-14-8-9-15(12-16)18(14)17(19)10-7-13-5-3-2-4-6-13/h2-7,10,14-16H,8-9,11-12H2,1H3/b10-7+. The fraction of sp³-hybridized carbons (Fsp3) is 0.471. The summed E-state index contributed by atoms with van der Waals surface area (Å²) in [6, 6.07) is 11.0. The second kappa shape index (κ2) is 6.04. The van der Waals surface area contributed by atoms with Crippen molar-refractivity contribution >= 4 is 23.7 Å². The first-order valence-corrected chi connectivity index (χ1v) is 8.65. The largest absolute Gasteiger partial charge is 0.333 e. The molecule has 3 rings (SSSR count). The summed E-state index contributed by atoms with van der Waals surface area (Å²) in [5.41, 5.74) is 1.09. The van der Waals surface area contributed by atoms with Gasteiger partial charge in [-0.25, -0.2) is 0 Å². The Hall–Kier alpha value is -1.22. The van der Waals surface area contributed by atoms with E-state index in [9.17, 15) is 4.79 Å². The maximum atomic E-state index is 12.5. The van der Waals surface area contributed by atoms with E-state index < -0.39 is 0 Å². The predicted octanol–water partition coefficient (Wildman–Crippen LogP) is 3.58. The average molecular weight is 287 g/mol. The van der Waals surface area contributed by atoms with Crippen molar-refractivity contribution in [3.63, 3.8) is 0 Å². The maximum absolute atomic E-state index is 12.5. The molecular formula is C17H21NOS. The van der Waals surface area contributed by atoms with Gasteiger partial charge in [-0.05, 0) is 43.6 Å². The van der Waals surface area contributed by atoms with Crippen molar-refractivity contribution in [1.82, 2.24) is 4.90 Å². The van der Waals surface area contributed by atoms with E-state index in [2.05, 4.69) is 11.2 Å². The molecule has 2 unspecified atom stereocenters. The zero-order chi connectivity index (χ0) is 13.9. The second-order valence-corrected chi connectivity index (χ2v) is 6.84. The van der Waals surface area contributed by atoms with Gasteiger partial charge in [0.1, 0.15) is 0 Å². The quantitative estimate of drug-likeness (QED) is 0.792. The normalized spacial score (nSPS) is 29.1. The molecule has 0 aliphatic carbocycles. The van der Waals surface area contributed by atoms with Crippen molar-refractivity contribution < 1.29 is 4.79 Å². The van der Waals surface area contributed by atoms with Crippen LogP contribution < -0.4 is 0 Å². The van der Waals surface area contributed by atoms with Crippen LogP contribution in [0, 0.1) is 0 Å². The number of benzene rings is 1. The van der Waals surface area contributed by atoms with Crippen molar-refractivity contribution in [3.05, 3.63) is 42.0 Å². The summed E-state index contributed by atoms with van der Waals surface area (Å²) in [5.74, 6) is 0.195. The predicted molar refractivity (Wildman–Crippen MR) is 85.7 cm³/mol. The summed E-state index contributed by atoms with van der Waals surface area (Å²) in [6.07, 6.45) is 10.6. The zero-order valence-electron chi connectivity index (χ0n) is 11.9.